The maximum absolute atomic E-state index is 12.3. The van der Waals surface area contributed by atoms with Crippen molar-refractivity contribution in [2.75, 3.05) is 20.7 Å². The van der Waals surface area contributed by atoms with Crippen LogP contribution >= 0.6 is 23.2 Å². The predicted octanol–water partition coefficient (Wildman–Crippen LogP) is 5.85. The van der Waals surface area contributed by atoms with Crippen LogP contribution in [0.15, 0.2) is 47.0 Å². The topological polar surface area (TPSA) is 41.9 Å². The Hall–Kier alpha value is -2.30. The summed E-state index contributed by atoms with van der Waals surface area (Å²) in [4.78, 5) is 18.4. The third kappa shape index (κ3) is 4.71. The molecule has 0 radical (unpaired) electrons. The molecule has 0 fully saturated rings. The molecule has 0 atom stereocenters. The first-order valence-electron chi connectivity index (χ1n) is 8.42. The molecule has 0 spiro atoms. The molecule has 2 aromatic carbocycles. The minimum atomic E-state index is -0.368. The second-order valence-corrected chi connectivity index (χ2v) is 6.98. The van der Waals surface area contributed by atoms with Crippen molar-refractivity contribution in [2.24, 2.45) is 4.99 Å². The maximum atomic E-state index is 12.3. The smallest absolute Gasteiger partial charge is 0.335 e. The Morgan fingerprint density at radius 3 is 2.33 bits per heavy atom. The van der Waals surface area contributed by atoms with E-state index in [0.29, 0.717) is 33.6 Å². The molecule has 0 aliphatic carbocycles. The number of nitrogens with zero attached hydrogens (tertiary/aromatic N) is 2. The van der Waals surface area contributed by atoms with Gasteiger partial charge in [-0.3, -0.25) is 4.99 Å². The highest BCUT2D eigenvalue weighted by Gasteiger charge is 2.20. The number of carbonyl (C=O) groups excluding carboxylic acids is 1. The lowest BCUT2D eigenvalue weighted by Gasteiger charge is -2.23. The van der Waals surface area contributed by atoms with Gasteiger partial charge in [-0.1, -0.05) is 41.4 Å². The number of esters is 1. The Labute approximate surface area is 170 Å². The van der Waals surface area contributed by atoms with E-state index in [2.05, 4.69) is 11.7 Å². The molecule has 0 bridgehead atoms. The van der Waals surface area contributed by atoms with Crippen molar-refractivity contribution in [3.05, 3.63) is 57.6 Å². The molecule has 0 aromatic heterocycles. The van der Waals surface area contributed by atoms with E-state index in [1.165, 1.54) is 0 Å². The molecule has 2 rings (SSSR count). The normalized spacial score (nSPS) is 11.6. The van der Waals surface area contributed by atoms with Gasteiger partial charge in [-0.2, -0.15) is 0 Å². The van der Waals surface area contributed by atoms with Crippen LogP contribution < -0.4 is 0 Å². The summed E-state index contributed by atoms with van der Waals surface area (Å²) in [6.07, 6.45) is 0. The van der Waals surface area contributed by atoms with Crippen molar-refractivity contribution in [1.29, 1.82) is 0 Å². The summed E-state index contributed by atoms with van der Waals surface area (Å²) in [5.41, 5.74) is 4.27. The highest BCUT2D eigenvalue weighted by atomic mass is 35.5. The average molecular weight is 405 g/mol. The maximum Gasteiger partial charge on any atom is 0.335 e. The molecular weight excluding hydrogens is 383 g/mol. The SMILES string of the molecule is C=Nc1c(/C(=C(\C)C(=O)OCC)N(C)C)cccc1-c1cc(Cl)cc(Cl)c1. The van der Waals surface area contributed by atoms with E-state index in [1.54, 1.807) is 19.9 Å². The van der Waals surface area contributed by atoms with Gasteiger partial charge in [0.1, 0.15) is 0 Å². The zero-order valence-corrected chi connectivity index (χ0v) is 17.4. The molecule has 0 amide bonds. The molecule has 0 saturated heterocycles. The molecule has 6 heteroatoms. The van der Waals surface area contributed by atoms with Gasteiger partial charge in [0, 0.05) is 35.3 Å². The van der Waals surface area contributed by atoms with Gasteiger partial charge in [0.15, 0.2) is 0 Å². The molecule has 0 heterocycles. The number of hydrogen-bond donors (Lipinski definition) is 0. The lowest BCUT2D eigenvalue weighted by molar-refractivity contribution is -0.138. The van der Waals surface area contributed by atoms with Gasteiger partial charge in [-0.05, 0) is 44.3 Å². The van der Waals surface area contributed by atoms with Crippen molar-refractivity contribution in [2.45, 2.75) is 13.8 Å². The van der Waals surface area contributed by atoms with Gasteiger partial charge in [0.2, 0.25) is 0 Å². The second kappa shape index (κ2) is 9.07. The van der Waals surface area contributed by atoms with Crippen LogP contribution in [0, 0.1) is 0 Å². The Bertz CT molecular complexity index is 885. The third-order valence-corrected chi connectivity index (χ3v) is 4.44. The number of carbonyl (C=O) groups is 1. The van der Waals surface area contributed by atoms with Gasteiger partial charge in [-0.25, -0.2) is 4.79 Å². The fourth-order valence-corrected chi connectivity index (χ4v) is 3.49. The Balaban J connectivity index is 2.75. The van der Waals surface area contributed by atoms with Gasteiger partial charge >= 0.3 is 5.97 Å². The molecule has 142 valence electrons. The van der Waals surface area contributed by atoms with Crippen LogP contribution in [-0.2, 0) is 9.53 Å². The number of para-hydroxylation sites is 1. The number of hydrogen-bond acceptors (Lipinski definition) is 4. The summed E-state index contributed by atoms with van der Waals surface area (Å²) < 4.78 is 5.17. The van der Waals surface area contributed by atoms with Crippen LogP contribution in [0.5, 0.6) is 0 Å². The van der Waals surface area contributed by atoms with Crippen molar-refractivity contribution in [3.63, 3.8) is 0 Å². The quantitative estimate of drug-likeness (QED) is 0.344. The summed E-state index contributed by atoms with van der Waals surface area (Å²) in [6, 6.07) is 11.0. The lowest BCUT2D eigenvalue weighted by atomic mass is 9.96. The number of aliphatic imine (C=N–C) groups is 1. The molecule has 27 heavy (non-hydrogen) atoms. The van der Waals surface area contributed by atoms with E-state index < -0.39 is 0 Å². The van der Waals surface area contributed by atoms with E-state index in [9.17, 15) is 4.79 Å². The minimum absolute atomic E-state index is 0.310. The van der Waals surface area contributed by atoms with E-state index in [0.717, 1.165) is 16.7 Å². The van der Waals surface area contributed by atoms with E-state index in [4.69, 9.17) is 27.9 Å². The van der Waals surface area contributed by atoms with Crippen LogP contribution in [0.3, 0.4) is 0 Å². The van der Waals surface area contributed by atoms with Crippen molar-refractivity contribution in [1.82, 2.24) is 4.90 Å². The lowest BCUT2D eigenvalue weighted by Crippen LogP contribution is -2.17. The first-order chi connectivity index (χ1) is 12.8. The Morgan fingerprint density at radius 2 is 1.81 bits per heavy atom. The Kier molecular flexibility index (Phi) is 7.05. The van der Waals surface area contributed by atoms with Gasteiger partial charge < -0.3 is 9.64 Å². The molecule has 2 aromatic rings. The third-order valence-electron chi connectivity index (χ3n) is 4.01. The number of ether oxygens (including phenoxy) is 1. The molecule has 0 unspecified atom stereocenters. The molecule has 0 aliphatic rings. The van der Waals surface area contributed by atoms with Crippen molar-refractivity contribution < 1.29 is 9.53 Å². The summed E-state index contributed by atoms with van der Waals surface area (Å²) in [5.74, 6) is -0.368. The van der Waals surface area contributed by atoms with E-state index in [1.807, 2.05) is 49.3 Å². The summed E-state index contributed by atoms with van der Waals surface area (Å²) in [5, 5.41) is 1.06. The number of halogens is 2. The zero-order valence-electron chi connectivity index (χ0n) is 15.8. The van der Waals surface area contributed by atoms with E-state index in [-0.39, 0.29) is 5.97 Å². The van der Waals surface area contributed by atoms with Crippen LogP contribution in [0.4, 0.5) is 5.69 Å². The minimum Gasteiger partial charge on any atom is -0.463 e. The van der Waals surface area contributed by atoms with Crippen LogP contribution in [0.1, 0.15) is 19.4 Å². The molecule has 4 nitrogen and oxygen atoms in total. The summed E-state index contributed by atoms with van der Waals surface area (Å²) in [7, 11) is 3.74. The zero-order chi connectivity index (χ0) is 20.1. The summed E-state index contributed by atoms with van der Waals surface area (Å²) in [6.45, 7) is 7.56. The molecular formula is C21H22Cl2N2O2. The van der Waals surface area contributed by atoms with Crippen LogP contribution in [0.25, 0.3) is 16.8 Å². The van der Waals surface area contributed by atoms with Gasteiger partial charge in [-0.15, -0.1) is 0 Å². The molecule has 0 aliphatic heterocycles. The standard InChI is InChI=1S/C21H22Cl2N2O2/c1-6-27-21(26)13(2)20(25(4)5)18-9-7-8-17(19(18)24-3)14-10-15(22)12-16(23)11-14/h7-12H,3,6H2,1-2,4-5H3/b20-13-. The first kappa shape index (κ1) is 21.0. The highest BCUT2D eigenvalue weighted by Crippen LogP contribution is 2.39. The van der Waals surface area contributed by atoms with Gasteiger partial charge in [0.05, 0.1) is 23.6 Å². The largest absolute Gasteiger partial charge is 0.463 e. The first-order valence-corrected chi connectivity index (χ1v) is 9.17. The predicted molar refractivity (Wildman–Crippen MR) is 114 cm³/mol. The van der Waals surface area contributed by atoms with Crippen molar-refractivity contribution in [3.8, 4) is 11.1 Å². The van der Waals surface area contributed by atoms with Gasteiger partial charge in [0.25, 0.3) is 0 Å². The summed E-state index contributed by atoms with van der Waals surface area (Å²) >= 11 is 12.3. The molecule has 0 saturated carbocycles. The van der Waals surface area contributed by atoms with Crippen molar-refractivity contribution >= 4 is 47.3 Å². The van der Waals surface area contributed by atoms with E-state index >= 15 is 0 Å². The highest BCUT2D eigenvalue weighted by molar-refractivity contribution is 6.35. The fraction of sp³-hybridized carbons (Fsp3) is 0.238. The average Bonchev–Trinajstić information content (AvgIpc) is 2.60. The van der Waals surface area contributed by atoms with Crippen LogP contribution in [0.2, 0.25) is 10.0 Å². The molecule has 0 N–H and O–H groups in total. The monoisotopic (exact) mass is 404 g/mol. The second-order valence-electron chi connectivity index (χ2n) is 6.11. The number of benzene rings is 2. The van der Waals surface area contributed by atoms with Crippen LogP contribution in [-0.4, -0.2) is 38.3 Å². The fourth-order valence-electron chi connectivity index (χ4n) is 2.96. The number of rotatable bonds is 6. The Morgan fingerprint density at radius 1 is 1.19 bits per heavy atom.